The molecule has 26 heavy (non-hydrogen) atoms. The molecule has 142 valence electrons. The number of nitro groups is 2. The molecule has 1 aromatic rings. The molecule has 0 spiro atoms. The summed E-state index contributed by atoms with van der Waals surface area (Å²) in [6, 6.07) is 2.10. The van der Waals surface area contributed by atoms with E-state index in [1.165, 1.54) is 11.0 Å². The van der Waals surface area contributed by atoms with Gasteiger partial charge in [-0.25, -0.2) is 4.79 Å². The van der Waals surface area contributed by atoms with Crippen LogP contribution in [0.1, 0.15) is 20.8 Å². The highest BCUT2D eigenvalue weighted by atomic mass is 16.6. The van der Waals surface area contributed by atoms with Gasteiger partial charge in [0.05, 0.1) is 15.9 Å². The molecule has 1 aliphatic rings. The zero-order chi connectivity index (χ0) is 19.6. The normalized spacial score (nSPS) is 14.9. The predicted molar refractivity (Wildman–Crippen MR) is 94.2 cm³/mol. The number of amides is 1. The summed E-state index contributed by atoms with van der Waals surface area (Å²) in [5, 5.41) is 22.3. The number of rotatable bonds is 3. The van der Waals surface area contributed by atoms with E-state index in [0.29, 0.717) is 26.2 Å². The van der Waals surface area contributed by atoms with Crippen molar-refractivity contribution in [2.24, 2.45) is 0 Å². The minimum absolute atomic E-state index is 0.148. The van der Waals surface area contributed by atoms with E-state index in [2.05, 4.69) is 0 Å². The topological polar surface area (TPSA) is 145 Å². The molecule has 1 aliphatic heterocycles. The molecule has 0 atom stereocenters. The van der Waals surface area contributed by atoms with Crippen molar-refractivity contribution in [1.29, 1.82) is 0 Å². The average Bonchev–Trinajstić information content (AvgIpc) is 2.52. The first-order valence-electron chi connectivity index (χ1n) is 7.95. The number of nitro benzene ring substituents is 2. The van der Waals surface area contributed by atoms with E-state index >= 15 is 0 Å². The van der Waals surface area contributed by atoms with Crippen LogP contribution in [0.5, 0.6) is 0 Å². The molecule has 1 amide bonds. The maximum Gasteiger partial charge on any atom is 0.410 e. The van der Waals surface area contributed by atoms with Gasteiger partial charge in [0.2, 0.25) is 0 Å². The second-order valence-corrected chi connectivity index (χ2v) is 6.87. The molecule has 11 nitrogen and oxygen atoms in total. The highest BCUT2D eigenvalue weighted by Gasteiger charge is 2.30. The van der Waals surface area contributed by atoms with Crippen LogP contribution in [0, 0.1) is 20.2 Å². The van der Waals surface area contributed by atoms with Crippen LogP contribution in [-0.2, 0) is 4.74 Å². The van der Waals surface area contributed by atoms with Gasteiger partial charge in [0, 0.05) is 26.2 Å². The summed E-state index contributed by atoms with van der Waals surface area (Å²) in [5.41, 5.74) is 4.21. The molecule has 0 aliphatic carbocycles. The monoisotopic (exact) mass is 367 g/mol. The summed E-state index contributed by atoms with van der Waals surface area (Å²) in [6.07, 6.45) is -0.449. The van der Waals surface area contributed by atoms with E-state index in [1.807, 2.05) is 0 Å². The Kier molecular flexibility index (Phi) is 5.19. The zero-order valence-corrected chi connectivity index (χ0v) is 14.8. The van der Waals surface area contributed by atoms with Crippen molar-refractivity contribution in [3.8, 4) is 0 Å². The minimum Gasteiger partial charge on any atom is -0.444 e. The van der Waals surface area contributed by atoms with Crippen molar-refractivity contribution in [2.45, 2.75) is 26.4 Å². The molecule has 0 aromatic heterocycles. The summed E-state index contributed by atoms with van der Waals surface area (Å²) in [7, 11) is 0. The Morgan fingerprint density at radius 2 is 1.62 bits per heavy atom. The predicted octanol–water partition coefficient (Wildman–Crippen LogP) is 2.14. The van der Waals surface area contributed by atoms with Crippen molar-refractivity contribution < 1.29 is 19.4 Å². The van der Waals surface area contributed by atoms with Gasteiger partial charge >= 0.3 is 6.09 Å². The molecule has 2 N–H and O–H groups in total. The Morgan fingerprint density at radius 3 is 2.08 bits per heavy atom. The summed E-state index contributed by atoms with van der Waals surface area (Å²) in [5.74, 6) is 0. The number of piperazine rings is 1. The van der Waals surface area contributed by atoms with Gasteiger partial charge in [0.15, 0.2) is 0 Å². The lowest BCUT2D eigenvalue weighted by molar-refractivity contribution is -0.393. The van der Waals surface area contributed by atoms with Crippen molar-refractivity contribution in [2.75, 3.05) is 36.8 Å². The van der Waals surface area contributed by atoms with E-state index in [-0.39, 0.29) is 11.4 Å². The lowest BCUT2D eigenvalue weighted by Gasteiger charge is -2.36. The number of carbonyl (C=O) groups excluding carboxylic acids is 1. The molecule has 11 heteroatoms. The number of ether oxygens (including phenoxy) is 1. The van der Waals surface area contributed by atoms with Crippen molar-refractivity contribution in [1.82, 2.24) is 4.90 Å². The quantitative estimate of drug-likeness (QED) is 0.486. The maximum atomic E-state index is 12.1. The smallest absolute Gasteiger partial charge is 0.410 e. The van der Waals surface area contributed by atoms with Crippen LogP contribution < -0.4 is 10.6 Å². The van der Waals surface area contributed by atoms with E-state index < -0.39 is 32.9 Å². The SMILES string of the molecule is CC(C)(C)OC(=O)N1CCN(c2cc(N)c([N+](=O)[O-])cc2[N+](=O)[O-])CC1. The van der Waals surface area contributed by atoms with Gasteiger partial charge in [0.25, 0.3) is 11.4 Å². The van der Waals surface area contributed by atoms with Gasteiger partial charge in [-0.3, -0.25) is 20.2 Å². The molecular formula is C15H21N5O6. The van der Waals surface area contributed by atoms with Crippen LogP contribution in [0.4, 0.5) is 27.5 Å². The fraction of sp³-hybridized carbons (Fsp3) is 0.533. The number of hydrogen-bond acceptors (Lipinski definition) is 8. The number of hydrogen-bond donors (Lipinski definition) is 1. The molecule has 1 aromatic carbocycles. The molecule has 1 saturated heterocycles. The van der Waals surface area contributed by atoms with Crippen LogP contribution >= 0.6 is 0 Å². The minimum atomic E-state index is -0.757. The van der Waals surface area contributed by atoms with E-state index in [9.17, 15) is 25.0 Å². The van der Waals surface area contributed by atoms with Crippen molar-refractivity contribution >= 4 is 28.8 Å². The average molecular weight is 367 g/mol. The van der Waals surface area contributed by atoms with Crippen molar-refractivity contribution in [3.63, 3.8) is 0 Å². The van der Waals surface area contributed by atoms with Crippen LogP contribution in [0.25, 0.3) is 0 Å². The number of nitrogens with zero attached hydrogens (tertiary/aromatic N) is 4. The Morgan fingerprint density at radius 1 is 1.08 bits per heavy atom. The molecular weight excluding hydrogens is 346 g/mol. The lowest BCUT2D eigenvalue weighted by Crippen LogP contribution is -2.50. The third-order valence-electron chi connectivity index (χ3n) is 3.79. The summed E-state index contributed by atoms with van der Waals surface area (Å²) in [4.78, 5) is 36.1. The molecule has 0 radical (unpaired) electrons. The Hall–Kier alpha value is -3.11. The van der Waals surface area contributed by atoms with Gasteiger partial charge in [0.1, 0.15) is 17.0 Å². The maximum absolute atomic E-state index is 12.1. The van der Waals surface area contributed by atoms with Crippen molar-refractivity contribution in [3.05, 3.63) is 32.4 Å². The number of anilines is 2. The van der Waals surface area contributed by atoms with E-state index in [0.717, 1.165) is 6.07 Å². The van der Waals surface area contributed by atoms with Gasteiger partial charge in [-0.1, -0.05) is 0 Å². The second-order valence-electron chi connectivity index (χ2n) is 6.87. The molecule has 2 rings (SSSR count). The Bertz CT molecular complexity index is 737. The van der Waals surface area contributed by atoms with E-state index in [4.69, 9.17) is 10.5 Å². The first-order valence-corrected chi connectivity index (χ1v) is 7.95. The highest BCUT2D eigenvalue weighted by Crippen LogP contribution is 2.37. The molecule has 0 bridgehead atoms. The van der Waals surface area contributed by atoms with E-state index in [1.54, 1.807) is 25.7 Å². The van der Waals surface area contributed by atoms with Crippen LogP contribution in [-0.4, -0.2) is 52.6 Å². The fourth-order valence-electron chi connectivity index (χ4n) is 2.60. The Balaban J connectivity index is 2.19. The van der Waals surface area contributed by atoms with Gasteiger partial charge in [-0.05, 0) is 26.8 Å². The number of nitrogen functional groups attached to an aromatic ring is 1. The largest absolute Gasteiger partial charge is 0.444 e. The summed E-state index contributed by atoms with van der Waals surface area (Å²) >= 11 is 0. The number of carbonyl (C=O) groups is 1. The second kappa shape index (κ2) is 7.02. The third-order valence-corrected chi connectivity index (χ3v) is 3.79. The molecule has 1 fully saturated rings. The number of benzene rings is 1. The Labute approximate surface area is 149 Å². The first-order chi connectivity index (χ1) is 12.0. The summed E-state index contributed by atoms with van der Waals surface area (Å²) in [6.45, 7) is 6.55. The zero-order valence-electron chi connectivity index (χ0n) is 14.8. The standard InChI is InChI=1S/C15H21N5O6/c1-15(2,3)26-14(21)18-6-4-17(5-7-18)12-8-10(16)11(19(22)23)9-13(12)20(24)25/h8-9H,4-7,16H2,1-3H3. The van der Waals surface area contributed by atoms with Crippen LogP contribution in [0.15, 0.2) is 12.1 Å². The van der Waals surface area contributed by atoms with Crippen LogP contribution in [0.3, 0.4) is 0 Å². The van der Waals surface area contributed by atoms with Gasteiger partial charge in [-0.15, -0.1) is 0 Å². The van der Waals surface area contributed by atoms with Gasteiger partial charge in [-0.2, -0.15) is 0 Å². The fourth-order valence-corrected chi connectivity index (χ4v) is 2.60. The van der Waals surface area contributed by atoms with Crippen LogP contribution in [0.2, 0.25) is 0 Å². The lowest BCUT2D eigenvalue weighted by atomic mass is 10.1. The van der Waals surface area contributed by atoms with Gasteiger partial charge < -0.3 is 20.3 Å². The number of nitrogens with two attached hydrogens (primary N) is 1. The highest BCUT2D eigenvalue weighted by molar-refractivity contribution is 5.76. The molecule has 0 unspecified atom stereocenters. The molecule has 1 heterocycles. The first kappa shape index (κ1) is 19.2. The summed E-state index contributed by atoms with van der Waals surface area (Å²) < 4.78 is 5.31. The molecule has 0 saturated carbocycles. The third kappa shape index (κ3) is 4.29.